The molecular formula is C20H20N2O6. The van der Waals surface area contributed by atoms with Crippen LogP contribution in [0.15, 0.2) is 42.5 Å². The molecule has 0 radical (unpaired) electrons. The van der Waals surface area contributed by atoms with Crippen LogP contribution in [0.3, 0.4) is 0 Å². The molecule has 2 amide bonds. The Morgan fingerprint density at radius 3 is 2.82 bits per heavy atom. The molecule has 3 N–H and O–H groups in total. The molecule has 2 aromatic rings. The maximum Gasteiger partial charge on any atom is 0.308 e. The van der Waals surface area contributed by atoms with Gasteiger partial charge < -0.3 is 25.2 Å². The molecule has 0 aromatic heterocycles. The van der Waals surface area contributed by atoms with E-state index in [1.54, 1.807) is 36.4 Å². The first kappa shape index (κ1) is 19.2. The number of hydrogen-bond donors (Lipinski definition) is 3. The fourth-order valence-electron chi connectivity index (χ4n) is 2.92. The van der Waals surface area contributed by atoms with E-state index in [0.717, 1.165) is 5.56 Å². The number of amides is 2. The van der Waals surface area contributed by atoms with Gasteiger partial charge in [-0.05, 0) is 36.2 Å². The zero-order valence-electron chi connectivity index (χ0n) is 15.2. The number of anilines is 1. The molecule has 1 aliphatic heterocycles. The molecule has 1 aliphatic rings. The molecule has 2 aromatic carbocycles. The number of hydrogen-bond acceptors (Lipinski definition) is 5. The summed E-state index contributed by atoms with van der Waals surface area (Å²) in [5.41, 5.74) is 1.56. The van der Waals surface area contributed by atoms with Crippen molar-refractivity contribution >= 4 is 23.5 Å². The molecule has 28 heavy (non-hydrogen) atoms. The van der Waals surface area contributed by atoms with Gasteiger partial charge >= 0.3 is 5.97 Å². The van der Waals surface area contributed by atoms with E-state index in [2.05, 4.69) is 10.6 Å². The molecular weight excluding hydrogens is 364 g/mol. The first-order valence-corrected chi connectivity index (χ1v) is 8.67. The zero-order chi connectivity index (χ0) is 20.1. The van der Waals surface area contributed by atoms with Crippen molar-refractivity contribution in [3.8, 4) is 11.5 Å². The quantitative estimate of drug-likeness (QED) is 0.670. The molecule has 0 aliphatic carbocycles. The summed E-state index contributed by atoms with van der Waals surface area (Å²) < 4.78 is 10.6. The monoisotopic (exact) mass is 384 g/mol. The zero-order valence-corrected chi connectivity index (χ0v) is 15.2. The fourth-order valence-corrected chi connectivity index (χ4v) is 2.92. The van der Waals surface area contributed by atoms with Crippen molar-refractivity contribution in [3.63, 3.8) is 0 Å². The number of nitrogens with one attached hydrogen (secondary N) is 2. The second kappa shape index (κ2) is 8.43. The van der Waals surface area contributed by atoms with Crippen LogP contribution >= 0.6 is 0 Å². The highest BCUT2D eigenvalue weighted by atomic mass is 16.5. The number of carbonyl (C=O) groups excluding carboxylic acids is 2. The van der Waals surface area contributed by atoms with Gasteiger partial charge in [0.15, 0.2) is 6.61 Å². The summed E-state index contributed by atoms with van der Waals surface area (Å²) in [6.45, 7) is -0.154. The van der Waals surface area contributed by atoms with Crippen LogP contribution in [-0.4, -0.2) is 43.2 Å². The number of methoxy groups -OCH3 is 1. The van der Waals surface area contributed by atoms with Crippen LogP contribution in [0.4, 0.5) is 5.69 Å². The van der Waals surface area contributed by atoms with E-state index in [-0.39, 0.29) is 25.5 Å². The maximum absolute atomic E-state index is 12.4. The molecule has 0 spiro atoms. The number of ether oxygens (including phenoxy) is 2. The van der Waals surface area contributed by atoms with Gasteiger partial charge in [-0.1, -0.05) is 18.2 Å². The molecule has 146 valence electrons. The van der Waals surface area contributed by atoms with Gasteiger partial charge in [0.05, 0.1) is 18.7 Å². The standard InChI is InChI=1S/C20H20N2O6/c1-27-16-5-3-2-4-12(16)8-14(20(25)26)10-21-19(24)13-6-7-15-17(9-13)28-11-18(23)22-15/h2-7,9,14H,8,10-11H2,1H3,(H,21,24)(H,22,23)(H,25,26). The number of rotatable bonds is 7. The Balaban J connectivity index is 1.66. The maximum atomic E-state index is 12.4. The Morgan fingerprint density at radius 2 is 2.07 bits per heavy atom. The van der Waals surface area contributed by atoms with E-state index < -0.39 is 17.8 Å². The number of carboxylic acid groups (broad SMARTS) is 1. The third-order valence-electron chi connectivity index (χ3n) is 4.39. The third-order valence-corrected chi connectivity index (χ3v) is 4.39. The number of benzene rings is 2. The molecule has 8 heteroatoms. The lowest BCUT2D eigenvalue weighted by Gasteiger charge is -2.19. The van der Waals surface area contributed by atoms with Gasteiger partial charge in [0.1, 0.15) is 11.5 Å². The molecule has 0 saturated carbocycles. The van der Waals surface area contributed by atoms with Crippen LogP contribution in [0.5, 0.6) is 11.5 Å². The highest BCUT2D eigenvalue weighted by molar-refractivity contribution is 5.99. The van der Waals surface area contributed by atoms with Crippen LogP contribution in [0.25, 0.3) is 0 Å². The van der Waals surface area contributed by atoms with Crippen molar-refractivity contribution in [2.45, 2.75) is 6.42 Å². The average Bonchev–Trinajstić information content (AvgIpc) is 2.70. The van der Waals surface area contributed by atoms with Crippen molar-refractivity contribution in [1.82, 2.24) is 5.32 Å². The average molecular weight is 384 g/mol. The summed E-state index contributed by atoms with van der Waals surface area (Å²) in [6.07, 6.45) is 0.221. The Morgan fingerprint density at radius 1 is 1.29 bits per heavy atom. The number of fused-ring (bicyclic) bond motifs is 1. The second-order valence-electron chi connectivity index (χ2n) is 6.31. The number of aliphatic carboxylic acids is 1. The lowest BCUT2D eigenvalue weighted by molar-refractivity contribution is -0.141. The molecule has 0 fully saturated rings. The van der Waals surface area contributed by atoms with Gasteiger partial charge in [-0.15, -0.1) is 0 Å². The predicted molar refractivity (Wildman–Crippen MR) is 101 cm³/mol. The summed E-state index contributed by atoms with van der Waals surface area (Å²) in [5.74, 6) is -1.50. The molecule has 1 heterocycles. The summed E-state index contributed by atoms with van der Waals surface area (Å²) >= 11 is 0. The molecule has 0 saturated heterocycles. The third kappa shape index (κ3) is 4.40. The minimum Gasteiger partial charge on any atom is -0.496 e. The van der Waals surface area contributed by atoms with Crippen LogP contribution in [0.1, 0.15) is 15.9 Å². The molecule has 1 unspecified atom stereocenters. The van der Waals surface area contributed by atoms with E-state index in [4.69, 9.17) is 9.47 Å². The predicted octanol–water partition coefficient (Wildman–Crippen LogP) is 1.70. The SMILES string of the molecule is COc1ccccc1CC(CNC(=O)c1ccc2c(c1)OCC(=O)N2)C(=O)O. The molecule has 1 atom stereocenters. The number of carbonyl (C=O) groups is 3. The van der Waals surface area contributed by atoms with E-state index >= 15 is 0 Å². The Hall–Kier alpha value is -3.55. The smallest absolute Gasteiger partial charge is 0.308 e. The largest absolute Gasteiger partial charge is 0.496 e. The minimum atomic E-state index is -1.01. The van der Waals surface area contributed by atoms with Crippen LogP contribution in [0.2, 0.25) is 0 Å². The van der Waals surface area contributed by atoms with Gasteiger partial charge in [-0.3, -0.25) is 14.4 Å². The summed E-state index contributed by atoms with van der Waals surface area (Å²) in [5, 5.41) is 14.8. The van der Waals surface area contributed by atoms with Gasteiger partial charge in [0.2, 0.25) is 0 Å². The van der Waals surface area contributed by atoms with Crippen molar-refractivity contribution in [2.75, 3.05) is 25.6 Å². The Labute approximate surface area is 161 Å². The van der Waals surface area contributed by atoms with E-state index in [1.165, 1.54) is 13.2 Å². The molecule has 0 bridgehead atoms. The van der Waals surface area contributed by atoms with Gasteiger partial charge in [-0.2, -0.15) is 0 Å². The van der Waals surface area contributed by atoms with Gasteiger partial charge in [0, 0.05) is 12.1 Å². The molecule has 8 nitrogen and oxygen atoms in total. The topological polar surface area (TPSA) is 114 Å². The minimum absolute atomic E-state index is 0.0408. The second-order valence-corrected chi connectivity index (χ2v) is 6.31. The Bertz CT molecular complexity index is 911. The Kier molecular flexibility index (Phi) is 5.78. The molecule has 3 rings (SSSR count). The highest BCUT2D eigenvalue weighted by Crippen LogP contribution is 2.28. The van der Waals surface area contributed by atoms with E-state index in [9.17, 15) is 19.5 Å². The van der Waals surface area contributed by atoms with Crippen molar-refractivity contribution in [3.05, 3.63) is 53.6 Å². The van der Waals surface area contributed by atoms with Crippen molar-refractivity contribution in [2.24, 2.45) is 5.92 Å². The van der Waals surface area contributed by atoms with E-state index in [0.29, 0.717) is 22.7 Å². The fraction of sp³-hybridized carbons (Fsp3) is 0.250. The normalized spacial score (nSPS) is 13.5. The summed E-state index contributed by atoms with van der Waals surface area (Å²) in [7, 11) is 1.52. The lowest BCUT2D eigenvalue weighted by atomic mass is 9.98. The lowest BCUT2D eigenvalue weighted by Crippen LogP contribution is -2.34. The highest BCUT2D eigenvalue weighted by Gasteiger charge is 2.22. The first-order valence-electron chi connectivity index (χ1n) is 8.67. The number of carboxylic acids is 1. The van der Waals surface area contributed by atoms with Crippen molar-refractivity contribution in [1.29, 1.82) is 0 Å². The van der Waals surface area contributed by atoms with E-state index in [1.807, 2.05) is 0 Å². The number of para-hydroxylation sites is 1. The van der Waals surface area contributed by atoms with Crippen LogP contribution in [0, 0.1) is 5.92 Å². The summed E-state index contributed by atoms with van der Waals surface area (Å²) in [6, 6.07) is 11.8. The first-order chi connectivity index (χ1) is 13.5. The van der Waals surface area contributed by atoms with Gasteiger partial charge in [0.25, 0.3) is 11.8 Å². The van der Waals surface area contributed by atoms with Crippen LogP contribution < -0.4 is 20.1 Å². The van der Waals surface area contributed by atoms with Gasteiger partial charge in [-0.25, -0.2) is 0 Å². The summed E-state index contributed by atoms with van der Waals surface area (Å²) in [4.78, 5) is 35.3. The van der Waals surface area contributed by atoms with Crippen LogP contribution in [-0.2, 0) is 16.0 Å². The van der Waals surface area contributed by atoms with Crippen molar-refractivity contribution < 1.29 is 29.0 Å².